The van der Waals surface area contributed by atoms with Crippen LogP contribution in [0, 0.1) is 0 Å². The van der Waals surface area contributed by atoms with E-state index < -0.39 is 18.4 Å². The Bertz CT molecular complexity index is 388. The average Bonchev–Trinajstić information content (AvgIpc) is 2.16. The third-order valence-electron chi connectivity index (χ3n) is 1.96. The molecule has 0 aliphatic rings. The molecule has 1 aromatic heterocycles. The van der Waals surface area contributed by atoms with Gasteiger partial charge in [0.15, 0.2) is 0 Å². The molecule has 0 fully saturated rings. The molecule has 0 radical (unpaired) electrons. The van der Waals surface area contributed by atoms with Crippen molar-refractivity contribution in [3.8, 4) is 0 Å². The maximum absolute atomic E-state index is 12.1. The fourth-order valence-electron chi connectivity index (χ4n) is 1.24. The first-order valence-electron chi connectivity index (χ1n) is 4.53. The first-order chi connectivity index (χ1) is 7.32. The van der Waals surface area contributed by atoms with Crippen LogP contribution < -0.4 is 4.90 Å². The molecule has 0 aliphatic heterocycles. The van der Waals surface area contributed by atoms with Gasteiger partial charge in [-0.1, -0.05) is 6.07 Å². The predicted octanol–water partition coefficient (Wildman–Crippen LogP) is 1.82. The maximum Gasteiger partial charge on any atom is 0.450 e. The number of pyridine rings is 1. The number of rotatable bonds is 3. The molecule has 6 heteroatoms. The number of halogens is 3. The minimum Gasteiger partial charge on any atom is -0.363 e. The van der Waals surface area contributed by atoms with Crippen molar-refractivity contribution in [1.82, 2.24) is 4.98 Å². The van der Waals surface area contributed by atoms with Gasteiger partial charge in [-0.15, -0.1) is 0 Å². The lowest BCUT2D eigenvalue weighted by molar-refractivity contribution is -0.170. The molecule has 0 spiro atoms. The van der Waals surface area contributed by atoms with Gasteiger partial charge in [-0.2, -0.15) is 13.2 Å². The van der Waals surface area contributed by atoms with E-state index in [0.717, 1.165) is 0 Å². The predicted molar refractivity (Wildman–Crippen MR) is 53.3 cm³/mol. The molecular weight excluding hydrogens is 221 g/mol. The average molecular weight is 232 g/mol. The van der Waals surface area contributed by atoms with Gasteiger partial charge in [-0.05, 0) is 6.07 Å². The maximum atomic E-state index is 12.1. The van der Waals surface area contributed by atoms with Gasteiger partial charge >= 0.3 is 6.18 Å². The minimum absolute atomic E-state index is 0.273. The second-order valence-electron chi connectivity index (χ2n) is 3.48. The molecule has 1 heterocycles. The van der Waals surface area contributed by atoms with Crippen LogP contribution in [0.4, 0.5) is 19.0 Å². The third kappa shape index (κ3) is 2.95. The second-order valence-corrected chi connectivity index (χ2v) is 3.48. The van der Waals surface area contributed by atoms with Gasteiger partial charge in [-0.25, -0.2) is 4.98 Å². The Morgan fingerprint density at radius 2 is 2.06 bits per heavy atom. The number of carbonyl (C=O) groups is 1. The quantitative estimate of drug-likeness (QED) is 0.797. The van der Waals surface area contributed by atoms with E-state index in [1.54, 1.807) is 19.0 Å². The summed E-state index contributed by atoms with van der Waals surface area (Å²) >= 11 is 0. The number of ketones is 1. The summed E-state index contributed by atoms with van der Waals surface area (Å²) in [5.74, 6) is -1.39. The van der Waals surface area contributed by atoms with E-state index in [4.69, 9.17) is 0 Å². The highest BCUT2D eigenvalue weighted by Crippen LogP contribution is 2.22. The van der Waals surface area contributed by atoms with Gasteiger partial charge < -0.3 is 4.90 Å². The Labute approximate surface area is 90.9 Å². The monoisotopic (exact) mass is 232 g/mol. The Balaban J connectivity index is 2.94. The molecule has 0 N–H and O–H groups in total. The van der Waals surface area contributed by atoms with E-state index in [-0.39, 0.29) is 5.56 Å². The summed E-state index contributed by atoms with van der Waals surface area (Å²) in [5, 5.41) is 0. The van der Waals surface area contributed by atoms with E-state index >= 15 is 0 Å². The van der Waals surface area contributed by atoms with Crippen LogP contribution in [0.1, 0.15) is 5.56 Å². The molecule has 1 rings (SSSR count). The van der Waals surface area contributed by atoms with Crippen molar-refractivity contribution in [3.63, 3.8) is 0 Å². The highest BCUT2D eigenvalue weighted by Gasteiger charge is 2.38. The van der Waals surface area contributed by atoms with Gasteiger partial charge in [0.2, 0.25) is 5.78 Å². The number of anilines is 1. The SMILES string of the molecule is CN(C)c1ncccc1CC(=O)C(F)(F)F. The van der Waals surface area contributed by atoms with Crippen LogP contribution in [-0.2, 0) is 11.2 Å². The van der Waals surface area contributed by atoms with Crippen LogP contribution in [0.25, 0.3) is 0 Å². The van der Waals surface area contributed by atoms with Crippen molar-refractivity contribution < 1.29 is 18.0 Å². The molecule has 0 saturated heterocycles. The molecule has 3 nitrogen and oxygen atoms in total. The summed E-state index contributed by atoms with van der Waals surface area (Å²) in [4.78, 5) is 16.3. The molecule has 1 aromatic rings. The third-order valence-corrected chi connectivity index (χ3v) is 1.96. The minimum atomic E-state index is -4.79. The molecule has 0 unspecified atom stereocenters. The smallest absolute Gasteiger partial charge is 0.363 e. The molecular formula is C10H11F3N2O. The van der Waals surface area contributed by atoms with Gasteiger partial charge in [0.05, 0.1) is 0 Å². The normalized spacial score (nSPS) is 11.3. The van der Waals surface area contributed by atoms with Crippen LogP contribution >= 0.6 is 0 Å². The molecule has 0 aliphatic carbocycles. The van der Waals surface area contributed by atoms with Crippen molar-refractivity contribution in [2.75, 3.05) is 19.0 Å². The number of nitrogens with zero attached hydrogens (tertiary/aromatic N) is 2. The second kappa shape index (κ2) is 4.51. The van der Waals surface area contributed by atoms with E-state index in [0.29, 0.717) is 5.82 Å². The van der Waals surface area contributed by atoms with Crippen LogP contribution in [0.3, 0.4) is 0 Å². The number of alkyl halides is 3. The Kier molecular flexibility index (Phi) is 3.51. The summed E-state index contributed by atoms with van der Waals surface area (Å²) in [7, 11) is 3.31. The number of hydrogen-bond acceptors (Lipinski definition) is 3. The lowest BCUT2D eigenvalue weighted by Crippen LogP contribution is -2.25. The van der Waals surface area contributed by atoms with E-state index in [2.05, 4.69) is 4.98 Å². The van der Waals surface area contributed by atoms with Crippen molar-refractivity contribution in [3.05, 3.63) is 23.9 Å². The summed E-state index contributed by atoms with van der Waals surface area (Å²) in [6, 6.07) is 2.97. The Hall–Kier alpha value is -1.59. The Morgan fingerprint density at radius 1 is 1.44 bits per heavy atom. The summed E-state index contributed by atoms with van der Waals surface area (Å²) in [5.41, 5.74) is 0.273. The molecule has 16 heavy (non-hydrogen) atoms. The van der Waals surface area contributed by atoms with Crippen LogP contribution in [0.5, 0.6) is 0 Å². The zero-order valence-electron chi connectivity index (χ0n) is 8.88. The summed E-state index contributed by atoms with van der Waals surface area (Å²) in [6.45, 7) is 0. The highest BCUT2D eigenvalue weighted by atomic mass is 19.4. The van der Waals surface area contributed by atoms with Crippen molar-refractivity contribution >= 4 is 11.6 Å². The van der Waals surface area contributed by atoms with Gasteiger partial charge in [-0.3, -0.25) is 4.79 Å². The molecule has 0 bridgehead atoms. The molecule has 0 atom stereocenters. The zero-order valence-corrected chi connectivity index (χ0v) is 8.88. The van der Waals surface area contributed by atoms with Crippen LogP contribution in [0.2, 0.25) is 0 Å². The number of aromatic nitrogens is 1. The molecule has 0 saturated carbocycles. The largest absolute Gasteiger partial charge is 0.450 e. The lowest BCUT2D eigenvalue weighted by atomic mass is 10.1. The van der Waals surface area contributed by atoms with Gasteiger partial charge in [0.25, 0.3) is 0 Å². The summed E-state index contributed by atoms with van der Waals surface area (Å²) in [6.07, 6.45) is -4.00. The number of hydrogen-bond donors (Lipinski definition) is 0. The topological polar surface area (TPSA) is 33.2 Å². The van der Waals surface area contributed by atoms with Crippen molar-refractivity contribution in [1.29, 1.82) is 0 Å². The first-order valence-corrected chi connectivity index (χ1v) is 4.53. The van der Waals surface area contributed by atoms with E-state index in [1.807, 2.05) is 0 Å². The van der Waals surface area contributed by atoms with Gasteiger partial charge in [0, 0.05) is 32.3 Å². The molecule has 0 aromatic carbocycles. The van der Waals surface area contributed by atoms with E-state index in [1.165, 1.54) is 18.3 Å². The van der Waals surface area contributed by atoms with Crippen molar-refractivity contribution in [2.45, 2.75) is 12.6 Å². The number of carbonyl (C=O) groups excluding carboxylic acids is 1. The van der Waals surface area contributed by atoms with E-state index in [9.17, 15) is 18.0 Å². The zero-order chi connectivity index (χ0) is 12.3. The fourth-order valence-corrected chi connectivity index (χ4v) is 1.24. The molecule has 88 valence electrons. The number of Topliss-reactive ketones (excluding diaryl/α,β-unsaturated/α-hetero) is 1. The highest BCUT2D eigenvalue weighted by molar-refractivity contribution is 5.87. The molecule has 0 amide bonds. The summed E-state index contributed by atoms with van der Waals surface area (Å²) < 4.78 is 36.3. The van der Waals surface area contributed by atoms with Crippen LogP contribution in [-0.4, -0.2) is 31.0 Å². The van der Waals surface area contributed by atoms with Gasteiger partial charge in [0.1, 0.15) is 5.82 Å². The van der Waals surface area contributed by atoms with Crippen molar-refractivity contribution in [2.24, 2.45) is 0 Å². The Morgan fingerprint density at radius 3 is 2.56 bits per heavy atom. The van der Waals surface area contributed by atoms with Crippen LogP contribution in [0.15, 0.2) is 18.3 Å². The lowest BCUT2D eigenvalue weighted by Gasteiger charge is -2.15. The standard InChI is InChI=1S/C10H11F3N2O/c1-15(2)9-7(4-3-5-14-9)6-8(16)10(11,12)13/h3-5H,6H2,1-2H3. The first kappa shape index (κ1) is 12.5. The fraction of sp³-hybridized carbons (Fsp3) is 0.400.